The summed E-state index contributed by atoms with van der Waals surface area (Å²) in [7, 11) is 0. The zero-order chi connectivity index (χ0) is 20.8. The summed E-state index contributed by atoms with van der Waals surface area (Å²) in [6, 6.07) is 12.3. The maximum Gasteiger partial charge on any atom is 0.263 e. The fraction of sp³-hybridized carbons (Fsp3) is 0.500. The third kappa shape index (κ3) is 5.80. The molecule has 1 saturated heterocycles. The van der Waals surface area contributed by atoms with Gasteiger partial charge >= 0.3 is 0 Å². The van der Waals surface area contributed by atoms with E-state index in [4.69, 9.17) is 4.74 Å². The summed E-state index contributed by atoms with van der Waals surface area (Å²) in [4.78, 5) is 21.7. The van der Waals surface area contributed by atoms with Gasteiger partial charge < -0.3 is 9.64 Å². The van der Waals surface area contributed by atoms with Crippen molar-refractivity contribution < 1.29 is 9.53 Å². The van der Waals surface area contributed by atoms with Gasteiger partial charge in [-0.25, -0.2) is 0 Å². The summed E-state index contributed by atoms with van der Waals surface area (Å²) in [5.41, 5.74) is 3.41. The van der Waals surface area contributed by atoms with Gasteiger partial charge in [0.15, 0.2) is 6.10 Å². The van der Waals surface area contributed by atoms with Crippen LogP contribution in [-0.4, -0.2) is 59.5 Å². The molecular weight excluding hydrogens is 362 g/mol. The Morgan fingerprint density at radius 2 is 1.86 bits per heavy atom. The van der Waals surface area contributed by atoms with Gasteiger partial charge in [-0.3, -0.25) is 14.7 Å². The lowest BCUT2D eigenvalue weighted by molar-refractivity contribution is -0.139. The fourth-order valence-corrected chi connectivity index (χ4v) is 3.73. The number of piperazine rings is 1. The minimum absolute atomic E-state index is 0.0746. The van der Waals surface area contributed by atoms with Crippen molar-refractivity contribution in [2.24, 2.45) is 0 Å². The second kappa shape index (κ2) is 9.88. The second-order valence-electron chi connectivity index (χ2n) is 8.19. The average molecular weight is 396 g/mol. The normalized spacial score (nSPS) is 16.1. The van der Waals surface area contributed by atoms with E-state index in [1.54, 1.807) is 0 Å². The van der Waals surface area contributed by atoms with Gasteiger partial charge in [-0.15, -0.1) is 0 Å². The van der Waals surface area contributed by atoms with E-state index in [9.17, 15) is 4.79 Å². The molecule has 5 nitrogen and oxygen atoms in total. The first-order valence-electron chi connectivity index (χ1n) is 10.6. The third-order valence-electron chi connectivity index (χ3n) is 5.54. The predicted octanol–water partition coefficient (Wildman–Crippen LogP) is 3.67. The van der Waals surface area contributed by atoms with Crippen molar-refractivity contribution in [1.29, 1.82) is 0 Å². The number of rotatable bonds is 7. The SMILES string of the molecule is Cc1ccc(C(C)C)c(OC(C)C(=O)N2CCN(CCc3ccccn3)CC2)c1. The molecule has 1 aliphatic heterocycles. The summed E-state index contributed by atoms with van der Waals surface area (Å²) < 4.78 is 6.12. The summed E-state index contributed by atoms with van der Waals surface area (Å²) in [6.07, 6.45) is 2.31. The van der Waals surface area contributed by atoms with Crippen LogP contribution in [0, 0.1) is 6.92 Å². The van der Waals surface area contributed by atoms with Crippen LogP contribution in [0.25, 0.3) is 0 Å². The van der Waals surface area contributed by atoms with E-state index in [0.29, 0.717) is 5.92 Å². The quantitative estimate of drug-likeness (QED) is 0.718. The van der Waals surface area contributed by atoms with Gasteiger partial charge in [0, 0.05) is 51.0 Å². The average Bonchev–Trinajstić information content (AvgIpc) is 2.72. The van der Waals surface area contributed by atoms with Crippen LogP contribution in [0.4, 0.5) is 0 Å². The Kier molecular flexibility index (Phi) is 7.26. The molecule has 3 rings (SSSR count). The van der Waals surface area contributed by atoms with Gasteiger partial charge in [0.1, 0.15) is 5.75 Å². The fourth-order valence-electron chi connectivity index (χ4n) is 3.73. The molecule has 1 amide bonds. The molecule has 1 aromatic heterocycles. The number of hydrogen-bond donors (Lipinski definition) is 0. The zero-order valence-corrected chi connectivity index (χ0v) is 18.1. The molecule has 5 heteroatoms. The van der Waals surface area contributed by atoms with Crippen LogP contribution in [0.1, 0.15) is 43.5 Å². The van der Waals surface area contributed by atoms with E-state index in [-0.39, 0.29) is 5.91 Å². The number of carbonyl (C=O) groups is 1. The molecule has 0 N–H and O–H groups in total. The molecule has 1 atom stereocenters. The first kappa shape index (κ1) is 21.3. The largest absolute Gasteiger partial charge is 0.481 e. The van der Waals surface area contributed by atoms with Crippen molar-refractivity contribution in [3.05, 3.63) is 59.4 Å². The van der Waals surface area contributed by atoms with Crippen molar-refractivity contribution in [3.63, 3.8) is 0 Å². The van der Waals surface area contributed by atoms with Gasteiger partial charge in [-0.2, -0.15) is 0 Å². The first-order valence-corrected chi connectivity index (χ1v) is 10.6. The molecule has 1 fully saturated rings. The lowest BCUT2D eigenvalue weighted by Gasteiger charge is -2.36. The molecule has 0 bridgehead atoms. The van der Waals surface area contributed by atoms with Crippen molar-refractivity contribution in [2.45, 2.75) is 46.1 Å². The van der Waals surface area contributed by atoms with E-state index >= 15 is 0 Å². The molecule has 0 aliphatic carbocycles. The van der Waals surface area contributed by atoms with Crippen molar-refractivity contribution in [2.75, 3.05) is 32.7 Å². The molecule has 1 aromatic carbocycles. The highest BCUT2D eigenvalue weighted by Crippen LogP contribution is 2.28. The summed E-state index contributed by atoms with van der Waals surface area (Å²) in [5, 5.41) is 0. The number of aryl methyl sites for hydroxylation is 1. The minimum Gasteiger partial charge on any atom is -0.481 e. The maximum absolute atomic E-state index is 12.9. The van der Waals surface area contributed by atoms with Gasteiger partial charge in [0.2, 0.25) is 0 Å². The Morgan fingerprint density at radius 1 is 1.10 bits per heavy atom. The monoisotopic (exact) mass is 395 g/mol. The van der Waals surface area contributed by atoms with E-state index in [0.717, 1.165) is 61.7 Å². The molecular formula is C24H33N3O2. The van der Waals surface area contributed by atoms with Crippen LogP contribution in [0.5, 0.6) is 5.75 Å². The number of carbonyl (C=O) groups excluding carboxylic acids is 1. The van der Waals surface area contributed by atoms with E-state index in [2.05, 4.69) is 41.9 Å². The molecule has 1 aliphatic rings. The Bertz CT molecular complexity index is 799. The maximum atomic E-state index is 12.9. The molecule has 0 spiro atoms. The Hall–Kier alpha value is -2.40. The molecule has 29 heavy (non-hydrogen) atoms. The number of aromatic nitrogens is 1. The summed E-state index contributed by atoms with van der Waals surface area (Å²) in [6.45, 7) is 12.5. The van der Waals surface area contributed by atoms with Crippen LogP contribution in [-0.2, 0) is 11.2 Å². The number of nitrogens with zero attached hydrogens (tertiary/aromatic N) is 3. The Labute approximate surface area is 174 Å². The lowest BCUT2D eigenvalue weighted by atomic mass is 10.0. The summed E-state index contributed by atoms with van der Waals surface area (Å²) >= 11 is 0. The van der Waals surface area contributed by atoms with Crippen LogP contribution in [0.2, 0.25) is 0 Å². The molecule has 2 heterocycles. The number of hydrogen-bond acceptors (Lipinski definition) is 4. The minimum atomic E-state index is -0.477. The molecule has 2 aromatic rings. The van der Waals surface area contributed by atoms with Crippen molar-refractivity contribution in [1.82, 2.24) is 14.8 Å². The van der Waals surface area contributed by atoms with Crippen LogP contribution < -0.4 is 4.74 Å². The Morgan fingerprint density at radius 3 is 2.52 bits per heavy atom. The predicted molar refractivity (Wildman–Crippen MR) is 116 cm³/mol. The number of benzene rings is 1. The van der Waals surface area contributed by atoms with Crippen molar-refractivity contribution in [3.8, 4) is 5.75 Å². The molecule has 1 unspecified atom stereocenters. The standard InChI is InChI=1S/C24H33N3O2/c1-18(2)22-9-8-19(3)17-23(22)29-20(4)24(28)27-15-13-26(14-16-27)12-10-21-7-5-6-11-25-21/h5-9,11,17-18,20H,10,12-16H2,1-4H3. The number of ether oxygens (including phenoxy) is 1. The highest BCUT2D eigenvalue weighted by atomic mass is 16.5. The lowest BCUT2D eigenvalue weighted by Crippen LogP contribution is -2.52. The summed E-state index contributed by atoms with van der Waals surface area (Å²) in [5.74, 6) is 1.26. The number of pyridine rings is 1. The van der Waals surface area contributed by atoms with Gasteiger partial charge in [0.05, 0.1) is 0 Å². The first-order chi connectivity index (χ1) is 13.9. The molecule has 0 saturated carbocycles. The van der Waals surface area contributed by atoms with Crippen LogP contribution in [0.15, 0.2) is 42.6 Å². The smallest absolute Gasteiger partial charge is 0.263 e. The van der Waals surface area contributed by atoms with Crippen molar-refractivity contribution >= 4 is 5.91 Å². The zero-order valence-electron chi connectivity index (χ0n) is 18.1. The third-order valence-corrected chi connectivity index (χ3v) is 5.54. The Balaban J connectivity index is 1.51. The molecule has 0 radical (unpaired) electrons. The van der Waals surface area contributed by atoms with Crippen LogP contribution in [0.3, 0.4) is 0 Å². The molecule has 156 valence electrons. The van der Waals surface area contributed by atoms with Crippen LogP contribution >= 0.6 is 0 Å². The van der Waals surface area contributed by atoms with Gasteiger partial charge in [0.25, 0.3) is 5.91 Å². The van der Waals surface area contributed by atoms with E-state index in [1.165, 1.54) is 0 Å². The van der Waals surface area contributed by atoms with E-state index in [1.807, 2.05) is 43.1 Å². The topological polar surface area (TPSA) is 45.7 Å². The highest BCUT2D eigenvalue weighted by Gasteiger charge is 2.26. The van der Waals surface area contributed by atoms with E-state index < -0.39 is 6.10 Å². The number of amides is 1. The second-order valence-corrected chi connectivity index (χ2v) is 8.19. The van der Waals surface area contributed by atoms with Gasteiger partial charge in [-0.05, 0) is 49.1 Å². The highest BCUT2D eigenvalue weighted by molar-refractivity contribution is 5.81. The van der Waals surface area contributed by atoms with Gasteiger partial charge in [-0.1, -0.05) is 32.0 Å².